The van der Waals surface area contributed by atoms with E-state index in [1.807, 2.05) is 24.3 Å². The molecule has 0 spiro atoms. The largest absolute Gasteiger partial charge is 0.395 e. The number of aliphatic hydroxyl groups excluding tert-OH is 1. The second kappa shape index (κ2) is 7.31. The molecule has 1 aliphatic carbocycles. The number of likely N-dealkylation sites (N-methyl/N-ethyl adjacent to an activating group) is 1. The minimum atomic E-state index is -0.198. The molecule has 0 heterocycles. The van der Waals surface area contributed by atoms with Crippen LogP contribution in [0.15, 0.2) is 24.3 Å². The Balaban J connectivity index is 2.11. The number of urea groups is 1. The molecule has 0 atom stereocenters. The van der Waals surface area contributed by atoms with E-state index >= 15 is 0 Å². The second-order valence-corrected chi connectivity index (χ2v) is 5.64. The maximum atomic E-state index is 12.1. The highest BCUT2D eigenvalue weighted by Crippen LogP contribution is 2.31. The van der Waals surface area contributed by atoms with Crippen molar-refractivity contribution in [3.05, 3.63) is 24.3 Å². The van der Waals surface area contributed by atoms with Gasteiger partial charge in [0.05, 0.1) is 18.0 Å². The summed E-state index contributed by atoms with van der Waals surface area (Å²) < 4.78 is 0. The third-order valence-electron chi connectivity index (χ3n) is 4.18. The van der Waals surface area contributed by atoms with Gasteiger partial charge < -0.3 is 20.2 Å². The average Bonchev–Trinajstić information content (AvgIpc) is 3.01. The molecule has 0 radical (unpaired) electrons. The van der Waals surface area contributed by atoms with Crippen LogP contribution >= 0.6 is 0 Å². The Morgan fingerprint density at radius 2 is 1.95 bits per heavy atom. The van der Waals surface area contributed by atoms with E-state index in [-0.39, 0.29) is 12.6 Å². The van der Waals surface area contributed by atoms with Crippen molar-refractivity contribution < 1.29 is 9.90 Å². The van der Waals surface area contributed by atoms with Gasteiger partial charge in [0, 0.05) is 26.7 Å². The molecule has 21 heavy (non-hydrogen) atoms. The highest BCUT2D eigenvalue weighted by atomic mass is 16.3. The van der Waals surface area contributed by atoms with Crippen LogP contribution < -0.4 is 10.2 Å². The molecule has 2 rings (SSSR count). The third-order valence-corrected chi connectivity index (χ3v) is 4.18. The Morgan fingerprint density at radius 3 is 2.62 bits per heavy atom. The number of aliphatic hydroxyl groups is 1. The molecule has 0 bridgehead atoms. The number of carbonyl (C=O) groups excluding carboxylic acids is 1. The van der Waals surface area contributed by atoms with Crippen LogP contribution in [0.5, 0.6) is 0 Å². The topological polar surface area (TPSA) is 55.8 Å². The number of rotatable bonds is 5. The Morgan fingerprint density at radius 1 is 1.29 bits per heavy atom. The molecule has 0 aromatic heterocycles. The predicted molar refractivity (Wildman–Crippen MR) is 85.8 cm³/mol. The van der Waals surface area contributed by atoms with E-state index in [1.165, 1.54) is 30.6 Å². The van der Waals surface area contributed by atoms with Crippen LogP contribution in [-0.4, -0.2) is 49.3 Å². The van der Waals surface area contributed by atoms with Crippen molar-refractivity contribution >= 4 is 17.4 Å². The first-order valence-corrected chi connectivity index (χ1v) is 7.58. The number of nitrogens with one attached hydrogen (secondary N) is 1. The summed E-state index contributed by atoms with van der Waals surface area (Å²) in [5, 5.41) is 11.8. The predicted octanol–water partition coefficient (Wildman–Crippen LogP) is 2.52. The molecule has 1 fully saturated rings. The van der Waals surface area contributed by atoms with E-state index < -0.39 is 0 Å². The van der Waals surface area contributed by atoms with Crippen LogP contribution in [0.3, 0.4) is 0 Å². The van der Waals surface area contributed by atoms with Gasteiger partial charge in [-0.05, 0) is 25.0 Å². The number of carbonyl (C=O) groups is 1. The number of amides is 2. The lowest BCUT2D eigenvalue weighted by Gasteiger charge is -2.29. The standard InChI is InChI=1S/C16H25N3O2/c1-18(11-12-20)16(21)17-14-9-5-6-10-15(14)19(2)13-7-3-4-8-13/h5-6,9-10,13,20H,3-4,7-8,11-12H2,1-2H3,(H,17,21). The van der Waals surface area contributed by atoms with Crippen LogP contribution in [0.1, 0.15) is 25.7 Å². The van der Waals surface area contributed by atoms with Gasteiger partial charge in [-0.1, -0.05) is 25.0 Å². The Kier molecular flexibility index (Phi) is 5.44. The zero-order valence-electron chi connectivity index (χ0n) is 12.9. The lowest BCUT2D eigenvalue weighted by molar-refractivity contribution is 0.202. The van der Waals surface area contributed by atoms with Crippen molar-refractivity contribution in [1.29, 1.82) is 0 Å². The molecule has 0 unspecified atom stereocenters. The summed E-state index contributed by atoms with van der Waals surface area (Å²) >= 11 is 0. The van der Waals surface area contributed by atoms with Gasteiger partial charge in [-0.3, -0.25) is 0 Å². The first kappa shape index (κ1) is 15.6. The van der Waals surface area contributed by atoms with E-state index in [4.69, 9.17) is 5.11 Å². The van der Waals surface area contributed by atoms with Crippen molar-refractivity contribution in [3.63, 3.8) is 0 Å². The fourth-order valence-electron chi connectivity index (χ4n) is 2.84. The molecular weight excluding hydrogens is 266 g/mol. The minimum absolute atomic E-state index is 0.0342. The molecule has 1 saturated carbocycles. The normalized spacial score (nSPS) is 15.0. The van der Waals surface area contributed by atoms with E-state index in [1.54, 1.807) is 7.05 Å². The second-order valence-electron chi connectivity index (χ2n) is 5.64. The molecule has 116 valence electrons. The Hall–Kier alpha value is -1.75. The van der Waals surface area contributed by atoms with Gasteiger partial charge in [-0.25, -0.2) is 4.79 Å². The fourth-order valence-corrected chi connectivity index (χ4v) is 2.84. The minimum Gasteiger partial charge on any atom is -0.395 e. The molecule has 0 saturated heterocycles. The van der Waals surface area contributed by atoms with Gasteiger partial charge in [-0.15, -0.1) is 0 Å². The van der Waals surface area contributed by atoms with E-state index in [0.717, 1.165) is 11.4 Å². The van der Waals surface area contributed by atoms with Gasteiger partial charge in [0.2, 0.25) is 0 Å². The molecule has 0 aliphatic heterocycles. The number of para-hydroxylation sites is 2. The molecule has 1 aromatic rings. The van der Waals surface area contributed by atoms with Gasteiger partial charge in [0.15, 0.2) is 0 Å². The van der Waals surface area contributed by atoms with E-state index in [0.29, 0.717) is 12.6 Å². The van der Waals surface area contributed by atoms with Crippen LogP contribution in [-0.2, 0) is 0 Å². The highest BCUT2D eigenvalue weighted by Gasteiger charge is 2.22. The number of benzene rings is 1. The monoisotopic (exact) mass is 291 g/mol. The van der Waals surface area contributed by atoms with Crippen LogP contribution in [0.2, 0.25) is 0 Å². The molecular formula is C16H25N3O2. The SMILES string of the molecule is CN(CCO)C(=O)Nc1ccccc1N(C)C1CCCC1. The number of hydrogen-bond acceptors (Lipinski definition) is 3. The van der Waals surface area contributed by atoms with Gasteiger partial charge in [-0.2, -0.15) is 0 Å². The first-order valence-electron chi connectivity index (χ1n) is 7.58. The van der Waals surface area contributed by atoms with E-state index in [9.17, 15) is 4.79 Å². The first-order chi connectivity index (χ1) is 10.1. The van der Waals surface area contributed by atoms with E-state index in [2.05, 4.69) is 17.3 Å². The zero-order valence-corrected chi connectivity index (χ0v) is 12.9. The summed E-state index contributed by atoms with van der Waals surface area (Å²) in [7, 11) is 3.77. The number of nitrogens with zero attached hydrogens (tertiary/aromatic N) is 2. The highest BCUT2D eigenvalue weighted by molar-refractivity contribution is 5.93. The lowest BCUT2D eigenvalue weighted by atomic mass is 10.1. The maximum absolute atomic E-state index is 12.1. The van der Waals surface area contributed by atoms with Crippen LogP contribution in [0.25, 0.3) is 0 Å². The lowest BCUT2D eigenvalue weighted by Crippen LogP contribution is -2.35. The van der Waals surface area contributed by atoms with Crippen molar-refractivity contribution in [2.45, 2.75) is 31.7 Å². The summed E-state index contributed by atoms with van der Waals surface area (Å²) in [6, 6.07) is 8.24. The zero-order chi connectivity index (χ0) is 15.2. The summed E-state index contributed by atoms with van der Waals surface area (Å²) in [5.41, 5.74) is 1.87. The summed E-state index contributed by atoms with van der Waals surface area (Å²) in [6.45, 7) is 0.292. The average molecular weight is 291 g/mol. The van der Waals surface area contributed by atoms with Crippen molar-refractivity contribution in [2.24, 2.45) is 0 Å². The molecule has 1 aromatic carbocycles. The summed E-state index contributed by atoms with van der Waals surface area (Å²) in [4.78, 5) is 15.8. The molecule has 1 aliphatic rings. The molecule has 5 heteroatoms. The van der Waals surface area contributed by atoms with Gasteiger partial charge in [0.1, 0.15) is 0 Å². The number of hydrogen-bond donors (Lipinski definition) is 2. The smallest absolute Gasteiger partial charge is 0.321 e. The Labute approximate surface area is 126 Å². The van der Waals surface area contributed by atoms with Gasteiger partial charge >= 0.3 is 6.03 Å². The maximum Gasteiger partial charge on any atom is 0.321 e. The van der Waals surface area contributed by atoms with Gasteiger partial charge in [0.25, 0.3) is 0 Å². The quantitative estimate of drug-likeness (QED) is 0.876. The molecule has 5 nitrogen and oxygen atoms in total. The molecule has 2 N–H and O–H groups in total. The van der Waals surface area contributed by atoms with Crippen molar-refractivity contribution in [3.8, 4) is 0 Å². The summed E-state index contributed by atoms with van der Waals surface area (Å²) in [6.07, 6.45) is 4.98. The van der Waals surface area contributed by atoms with Crippen LogP contribution in [0.4, 0.5) is 16.2 Å². The fraction of sp³-hybridized carbons (Fsp3) is 0.562. The van der Waals surface area contributed by atoms with Crippen molar-refractivity contribution in [1.82, 2.24) is 4.90 Å². The Bertz CT molecular complexity index is 472. The number of anilines is 2. The molecule has 2 amide bonds. The van der Waals surface area contributed by atoms with Crippen LogP contribution in [0, 0.1) is 0 Å². The summed E-state index contributed by atoms with van der Waals surface area (Å²) in [5.74, 6) is 0. The third kappa shape index (κ3) is 3.88. The van der Waals surface area contributed by atoms with Crippen molar-refractivity contribution in [2.75, 3.05) is 37.5 Å².